The van der Waals surface area contributed by atoms with E-state index in [9.17, 15) is 13.2 Å². The number of methoxy groups -OCH3 is 1. The molecule has 0 bridgehead atoms. The Bertz CT molecular complexity index is 946. The van der Waals surface area contributed by atoms with Crippen LogP contribution in [0.15, 0.2) is 23.1 Å². The molecule has 28 heavy (non-hydrogen) atoms. The van der Waals surface area contributed by atoms with Crippen molar-refractivity contribution in [3.8, 4) is 5.75 Å². The summed E-state index contributed by atoms with van der Waals surface area (Å²) in [5, 5.41) is 3.30. The van der Waals surface area contributed by atoms with Crippen molar-refractivity contribution in [2.75, 3.05) is 38.7 Å². The van der Waals surface area contributed by atoms with Crippen LogP contribution in [0.3, 0.4) is 0 Å². The fourth-order valence-electron chi connectivity index (χ4n) is 2.83. The van der Waals surface area contributed by atoms with Gasteiger partial charge in [-0.05, 0) is 31.5 Å². The number of anilines is 1. The summed E-state index contributed by atoms with van der Waals surface area (Å²) in [4.78, 5) is 17.8. The lowest BCUT2D eigenvalue weighted by molar-refractivity contribution is -0.115. The average molecular weight is 426 g/mol. The number of rotatable bonds is 6. The van der Waals surface area contributed by atoms with Crippen molar-refractivity contribution < 1.29 is 22.7 Å². The zero-order valence-corrected chi connectivity index (χ0v) is 17.7. The van der Waals surface area contributed by atoms with E-state index in [1.165, 1.54) is 28.8 Å². The molecule has 1 N–H and O–H groups in total. The van der Waals surface area contributed by atoms with Crippen LogP contribution in [-0.4, -0.2) is 57.0 Å². The molecule has 0 radical (unpaired) electrons. The number of amides is 1. The quantitative estimate of drug-likeness (QED) is 0.760. The van der Waals surface area contributed by atoms with Crippen LogP contribution in [0.25, 0.3) is 0 Å². The number of benzene rings is 1. The number of aryl methyl sites for hydroxylation is 2. The summed E-state index contributed by atoms with van der Waals surface area (Å²) < 4.78 is 37.9. The number of nitrogens with zero attached hydrogens (tertiary/aromatic N) is 2. The van der Waals surface area contributed by atoms with Crippen LogP contribution in [0.2, 0.25) is 0 Å². The minimum Gasteiger partial charge on any atom is -0.495 e. The molecule has 2 aromatic rings. The maximum Gasteiger partial charge on any atom is 0.246 e. The van der Waals surface area contributed by atoms with E-state index in [1.807, 2.05) is 13.8 Å². The number of hydrogen-bond donors (Lipinski definition) is 1. The van der Waals surface area contributed by atoms with Crippen molar-refractivity contribution in [3.63, 3.8) is 0 Å². The number of nitrogens with one attached hydrogen (secondary N) is 1. The smallest absolute Gasteiger partial charge is 0.246 e. The Morgan fingerprint density at radius 1 is 1.32 bits per heavy atom. The van der Waals surface area contributed by atoms with Gasteiger partial charge >= 0.3 is 0 Å². The second-order valence-electron chi connectivity index (χ2n) is 6.39. The van der Waals surface area contributed by atoms with Crippen LogP contribution < -0.4 is 10.1 Å². The van der Waals surface area contributed by atoms with Gasteiger partial charge in [0.15, 0.2) is 5.13 Å². The van der Waals surface area contributed by atoms with E-state index in [2.05, 4.69) is 10.3 Å². The zero-order chi connectivity index (χ0) is 20.3. The molecule has 1 aliphatic rings. The number of sulfonamides is 1. The number of morpholine rings is 1. The van der Waals surface area contributed by atoms with Crippen molar-refractivity contribution in [1.29, 1.82) is 0 Å². The summed E-state index contributed by atoms with van der Waals surface area (Å²) >= 11 is 1.41. The maximum atomic E-state index is 13.0. The molecule has 0 aliphatic carbocycles. The van der Waals surface area contributed by atoms with Gasteiger partial charge in [0.05, 0.1) is 32.4 Å². The Morgan fingerprint density at radius 2 is 2.04 bits per heavy atom. The molecule has 0 unspecified atom stereocenters. The van der Waals surface area contributed by atoms with Gasteiger partial charge in [-0.25, -0.2) is 13.4 Å². The maximum absolute atomic E-state index is 13.0. The Balaban J connectivity index is 1.81. The van der Waals surface area contributed by atoms with E-state index in [-0.39, 0.29) is 23.0 Å². The highest BCUT2D eigenvalue weighted by Gasteiger charge is 2.29. The zero-order valence-electron chi connectivity index (χ0n) is 16.0. The highest BCUT2D eigenvalue weighted by molar-refractivity contribution is 7.89. The number of hydrogen-bond acceptors (Lipinski definition) is 7. The van der Waals surface area contributed by atoms with E-state index < -0.39 is 10.0 Å². The summed E-state index contributed by atoms with van der Waals surface area (Å²) in [6.07, 6.45) is 0.0350. The number of aromatic nitrogens is 1. The normalized spacial score (nSPS) is 15.4. The van der Waals surface area contributed by atoms with E-state index in [0.717, 1.165) is 10.6 Å². The van der Waals surface area contributed by atoms with Gasteiger partial charge in [0.1, 0.15) is 10.6 Å². The summed E-state index contributed by atoms with van der Waals surface area (Å²) in [5.74, 6) is -0.00420. The van der Waals surface area contributed by atoms with Gasteiger partial charge in [-0.1, -0.05) is 6.07 Å². The topological polar surface area (TPSA) is 97.8 Å². The summed E-state index contributed by atoms with van der Waals surface area (Å²) in [7, 11) is -2.31. The largest absolute Gasteiger partial charge is 0.495 e. The Kier molecular flexibility index (Phi) is 6.33. The van der Waals surface area contributed by atoms with Crippen LogP contribution in [0.1, 0.15) is 16.1 Å². The Labute approximate surface area is 168 Å². The number of thiazole rings is 1. The molecule has 1 aliphatic heterocycles. The highest BCUT2D eigenvalue weighted by atomic mass is 32.2. The molecule has 1 amide bonds. The SMILES string of the molecule is COc1ccc(CC(=O)Nc2nc(C)c(C)s2)cc1S(=O)(=O)N1CCOCC1. The van der Waals surface area contributed by atoms with Gasteiger partial charge < -0.3 is 14.8 Å². The molecule has 3 rings (SSSR count). The first-order valence-electron chi connectivity index (χ1n) is 8.80. The van der Waals surface area contributed by atoms with E-state index in [0.29, 0.717) is 37.0 Å². The molecule has 0 atom stereocenters. The monoisotopic (exact) mass is 425 g/mol. The van der Waals surface area contributed by atoms with Gasteiger partial charge in [-0.15, -0.1) is 11.3 Å². The molecule has 1 aromatic carbocycles. The molecule has 152 valence electrons. The lowest BCUT2D eigenvalue weighted by Crippen LogP contribution is -2.40. The first kappa shape index (κ1) is 20.7. The van der Waals surface area contributed by atoms with Crippen molar-refractivity contribution in [2.24, 2.45) is 0 Å². The second kappa shape index (κ2) is 8.56. The molecule has 2 heterocycles. The standard InChI is InChI=1S/C18H23N3O5S2/c1-12-13(2)27-18(19-12)20-17(22)11-14-4-5-15(25-3)16(10-14)28(23,24)21-6-8-26-9-7-21/h4-5,10H,6-9,11H2,1-3H3,(H,19,20,22). The fourth-order valence-corrected chi connectivity index (χ4v) is 5.28. The predicted octanol–water partition coefficient (Wildman–Crippen LogP) is 1.97. The fraction of sp³-hybridized carbons (Fsp3) is 0.444. The lowest BCUT2D eigenvalue weighted by Gasteiger charge is -2.26. The molecule has 10 heteroatoms. The summed E-state index contributed by atoms with van der Waals surface area (Å²) in [6, 6.07) is 4.77. The summed E-state index contributed by atoms with van der Waals surface area (Å²) in [5.41, 5.74) is 1.46. The van der Waals surface area contributed by atoms with E-state index in [1.54, 1.807) is 12.1 Å². The second-order valence-corrected chi connectivity index (χ2v) is 9.50. The third-order valence-electron chi connectivity index (χ3n) is 4.46. The highest BCUT2D eigenvalue weighted by Crippen LogP contribution is 2.29. The molecule has 1 fully saturated rings. The molecular formula is C18H23N3O5S2. The number of ether oxygens (including phenoxy) is 2. The Hall–Kier alpha value is -2.01. The minimum absolute atomic E-state index is 0.0350. The van der Waals surface area contributed by atoms with Gasteiger partial charge in [0.2, 0.25) is 15.9 Å². The summed E-state index contributed by atoms with van der Waals surface area (Å²) in [6.45, 7) is 5.12. The van der Waals surface area contributed by atoms with E-state index >= 15 is 0 Å². The van der Waals surface area contributed by atoms with Crippen LogP contribution in [-0.2, 0) is 26.0 Å². The van der Waals surface area contributed by atoms with Gasteiger partial charge in [0.25, 0.3) is 0 Å². The van der Waals surface area contributed by atoms with Crippen LogP contribution in [0, 0.1) is 13.8 Å². The first-order valence-corrected chi connectivity index (χ1v) is 11.1. The third-order valence-corrected chi connectivity index (χ3v) is 7.36. The van der Waals surface area contributed by atoms with Crippen molar-refractivity contribution >= 4 is 32.4 Å². The van der Waals surface area contributed by atoms with E-state index in [4.69, 9.17) is 9.47 Å². The lowest BCUT2D eigenvalue weighted by atomic mass is 10.1. The van der Waals surface area contributed by atoms with Crippen LogP contribution in [0.4, 0.5) is 5.13 Å². The van der Waals surface area contributed by atoms with Crippen molar-refractivity contribution in [1.82, 2.24) is 9.29 Å². The van der Waals surface area contributed by atoms with Crippen LogP contribution in [0.5, 0.6) is 5.75 Å². The number of carbonyl (C=O) groups is 1. The van der Waals surface area contributed by atoms with Gasteiger partial charge in [-0.2, -0.15) is 4.31 Å². The predicted molar refractivity (Wildman–Crippen MR) is 106 cm³/mol. The minimum atomic E-state index is -3.74. The molecule has 8 nitrogen and oxygen atoms in total. The molecule has 1 saturated heterocycles. The number of carbonyl (C=O) groups excluding carboxylic acids is 1. The van der Waals surface area contributed by atoms with Crippen molar-refractivity contribution in [3.05, 3.63) is 34.3 Å². The molecular weight excluding hydrogens is 402 g/mol. The van der Waals surface area contributed by atoms with Crippen LogP contribution >= 0.6 is 11.3 Å². The first-order chi connectivity index (χ1) is 13.3. The molecule has 1 aromatic heterocycles. The third kappa shape index (κ3) is 4.52. The molecule has 0 spiro atoms. The average Bonchev–Trinajstić information content (AvgIpc) is 2.99. The van der Waals surface area contributed by atoms with Gasteiger partial charge in [-0.3, -0.25) is 4.79 Å². The van der Waals surface area contributed by atoms with Gasteiger partial charge in [0, 0.05) is 18.0 Å². The molecule has 0 saturated carbocycles. The Morgan fingerprint density at radius 3 is 2.64 bits per heavy atom. The van der Waals surface area contributed by atoms with Crippen molar-refractivity contribution in [2.45, 2.75) is 25.2 Å².